The first-order valence-corrected chi connectivity index (χ1v) is 5.14. The fraction of sp³-hybridized carbons (Fsp3) is 0.727. The van der Waals surface area contributed by atoms with Crippen LogP contribution in [0.1, 0.15) is 63.4 Å². The van der Waals surface area contributed by atoms with E-state index in [1.54, 1.807) is 0 Å². The molecule has 74 valence electrons. The second-order valence-corrected chi connectivity index (χ2v) is 4.16. The van der Waals surface area contributed by atoms with Gasteiger partial charge in [-0.05, 0) is 23.8 Å². The Bertz CT molecular complexity index is 246. The average molecular weight is 180 g/mol. The Morgan fingerprint density at radius 2 is 1.77 bits per heavy atom. The zero-order valence-corrected chi connectivity index (χ0v) is 9.31. The molecule has 1 aromatic rings. The Hall–Kier alpha value is -0.790. The zero-order valence-electron chi connectivity index (χ0n) is 9.31. The van der Waals surface area contributed by atoms with Gasteiger partial charge in [0, 0.05) is 5.69 Å². The van der Waals surface area contributed by atoms with Crippen molar-refractivity contribution in [2.45, 2.75) is 52.9 Å². The molecule has 0 aliphatic carbocycles. The molecule has 13 heavy (non-hydrogen) atoms. The minimum atomic E-state index is 0.527. The molecular formula is C11H20N2. The molecule has 0 atom stereocenters. The molecule has 0 amide bonds. The highest BCUT2D eigenvalue weighted by atomic mass is 15.1. The molecule has 1 heterocycles. The van der Waals surface area contributed by atoms with E-state index >= 15 is 0 Å². The van der Waals surface area contributed by atoms with Gasteiger partial charge in [-0.3, -0.25) is 5.10 Å². The number of hydrogen-bond donors (Lipinski definition) is 1. The molecule has 0 radical (unpaired) electrons. The van der Waals surface area contributed by atoms with Crippen molar-refractivity contribution >= 4 is 0 Å². The van der Waals surface area contributed by atoms with Gasteiger partial charge in [0.1, 0.15) is 0 Å². The number of H-pyrrole nitrogens is 1. The molecule has 0 saturated carbocycles. The van der Waals surface area contributed by atoms with Crippen molar-refractivity contribution in [1.82, 2.24) is 10.2 Å². The van der Waals surface area contributed by atoms with Crippen LogP contribution in [-0.2, 0) is 6.42 Å². The highest BCUT2D eigenvalue weighted by Gasteiger charge is 2.15. The van der Waals surface area contributed by atoms with Gasteiger partial charge in [-0.25, -0.2) is 0 Å². The van der Waals surface area contributed by atoms with E-state index in [0.29, 0.717) is 11.8 Å². The van der Waals surface area contributed by atoms with Crippen LogP contribution in [0, 0.1) is 0 Å². The Balaban J connectivity index is 3.10. The second-order valence-electron chi connectivity index (χ2n) is 4.16. The normalized spacial score (nSPS) is 11.6. The van der Waals surface area contributed by atoms with Gasteiger partial charge in [-0.2, -0.15) is 5.10 Å². The maximum absolute atomic E-state index is 4.38. The van der Waals surface area contributed by atoms with E-state index in [1.807, 2.05) is 0 Å². The van der Waals surface area contributed by atoms with Crippen molar-refractivity contribution in [2.75, 3.05) is 0 Å². The van der Waals surface area contributed by atoms with E-state index < -0.39 is 0 Å². The maximum atomic E-state index is 4.38. The molecule has 0 saturated heterocycles. The molecule has 0 unspecified atom stereocenters. The van der Waals surface area contributed by atoms with Gasteiger partial charge in [-0.15, -0.1) is 0 Å². The van der Waals surface area contributed by atoms with Gasteiger partial charge >= 0.3 is 0 Å². The summed E-state index contributed by atoms with van der Waals surface area (Å²) in [6, 6.07) is 0. The van der Waals surface area contributed by atoms with Crippen LogP contribution < -0.4 is 0 Å². The molecule has 1 aromatic heterocycles. The minimum Gasteiger partial charge on any atom is -0.282 e. The first-order chi connectivity index (χ1) is 6.07. The molecule has 1 rings (SSSR count). The van der Waals surface area contributed by atoms with Crippen LogP contribution in [0.15, 0.2) is 0 Å². The monoisotopic (exact) mass is 180 g/mol. The summed E-state index contributed by atoms with van der Waals surface area (Å²) in [5.74, 6) is 1.08. The lowest BCUT2D eigenvalue weighted by Crippen LogP contribution is -1.96. The van der Waals surface area contributed by atoms with E-state index in [4.69, 9.17) is 0 Å². The highest BCUT2D eigenvalue weighted by Crippen LogP contribution is 2.25. The second kappa shape index (κ2) is 3.95. The first-order valence-electron chi connectivity index (χ1n) is 5.14. The van der Waals surface area contributed by atoms with Crippen LogP contribution >= 0.6 is 0 Å². The van der Waals surface area contributed by atoms with Crippen LogP contribution in [-0.4, -0.2) is 10.2 Å². The maximum Gasteiger partial charge on any atom is 0.0682 e. The topological polar surface area (TPSA) is 28.7 Å². The van der Waals surface area contributed by atoms with E-state index in [-0.39, 0.29) is 0 Å². The minimum absolute atomic E-state index is 0.527. The number of aromatic nitrogens is 2. The summed E-state index contributed by atoms with van der Waals surface area (Å²) in [5, 5.41) is 7.54. The third kappa shape index (κ3) is 1.93. The molecule has 0 aliphatic rings. The number of nitrogens with zero attached hydrogens (tertiary/aromatic N) is 1. The molecule has 0 spiro atoms. The Labute approximate surface area is 80.7 Å². The highest BCUT2D eigenvalue weighted by molar-refractivity contribution is 5.29. The van der Waals surface area contributed by atoms with Gasteiger partial charge in [0.15, 0.2) is 0 Å². The standard InChI is InChI=1S/C11H20N2/c1-6-9-10(7(2)3)12-13-11(9)8(4)5/h7-8H,6H2,1-5H3,(H,12,13). The largest absolute Gasteiger partial charge is 0.282 e. The third-order valence-electron chi connectivity index (χ3n) is 2.41. The smallest absolute Gasteiger partial charge is 0.0682 e. The summed E-state index contributed by atoms with van der Waals surface area (Å²) >= 11 is 0. The summed E-state index contributed by atoms with van der Waals surface area (Å²) in [4.78, 5) is 0. The molecule has 1 N–H and O–H groups in total. The van der Waals surface area contributed by atoms with Gasteiger partial charge in [0.25, 0.3) is 0 Å². The summed E-state index contributed by atoms with van der Waals surface area (Å²) in [5.41, 5.74) is 3.97. The lowest BCUT2D eigenvalue weighted by atomic mass is 9.97. The van der Waals surface area contributed by atoms with Crippen LogP contribution in [0.25, 0.3) is 0 Å². The molecule has 2 heteroatoms. The molecule has 0 aromatic carbocycles. The van der Waals surface area contributed by atoms with Gasteiger partial charge in [0.05, 0.1) is 5.69 Å². The summed E-state index contributed by atoms with van der Waals surface area (Å²) in [7, 11) is 0. The van der Waals surface area contributed by atoms with Crippen LogP contribution in [0.3, 0.4) is 0 Å². The summed E-state index contributed by atoms with van der Waals surface area (Å²) < 4.78 is 0. The SMILES string of the molecule is CCc1c(C(C)C)n[nH]c1C(C)C. The fourth-order valence-electron chi connectivity index (χ4n) is 1.72. The van der Waals surface area contributed by atoms with Gasteiger partial charge < -0.3 is 0 Å². The average Bonchev–Trinajstić information content (AvgIpc) is 2.46. The molecule has 0 bridgehead atoms. The van der Waals surface area contributed by atoms with Crippen LogP contribution in [0.5, 0.6) is 0 Å². The summed E-state index contributed by atoms with van der Waals surface area (Å²) in [6.07, 6.45) is 1.08. The van der Waals surface area contributed by atoms with E-state index in [1.165, 1.54) is 17.0 Å². The predicted octanol–water partition coefficient (Wildman–Crippen LogP) is 3.22. The van der Waals surface area contributed by atoms with E-state index in [2.05, 4.69) is 44.8 Å². The van der Waals surface area contributed by atoms with E-state index in [0.717, 1.165) is 6.42 Å². The number of aromatic amines is 1. The van der Waals surface area contributed by atoms with Crippen molar-refractivity contribution in [3.05, 3.63) is 17.0 Å². The molecule has 0 fully saturated rings. The fourth-order valence-corrected chi connectivity index (χ4v) is 1.72. The number of hydrogen-bond acceptors (Lipinski definition) is 1. The third-order valence-corrected chi connectivity index (χ3v) is 2.41. The molecular weight excluding hydrogens is 160 g/mol. The van der Waals surface area contributed by atoms with Crippen LogP contribution in [0.2, 0.25) is 0 Å². The number of rotatable bonds is 3. The van der Waals surface area contributed by atoms with Crippen molar-refractivity contribution in [3.63, 3.8) is 0 Å². The van der Waals surface area contributed by atoms with E-state index in [9.17, 15) is 0 Å². The summed E-state index contributed by atoms with van der Waals surface area (Å²) in [6.45, 7) is 11.0. The van der Waals surface area contributed by atoms with Gasteiger partial charge in [-0.1, -0.05) is 34.6 Å². The van der Waals surface area contributed by atoms with Gasteiger partial charge in [0.2, 0.25) is 0 Å². The van der Waals surface area contributed by atoms with Crippen molar-refractivity contribution in [2.24, 2.45) is 0 Å². The Morgan fingerprint density at radius 3 is 2.15 bits per heavy atom. The zero-order chi connectivity index (χ0) is 10.0. The van der Waals surface area contributed by atoms with Crippen molar-refractivity contribution in [3.8, 4) is 0 Å². The van der Waals surface area contributed by atoms with Crippen molar-refractivity contribution in [1.29, 1.82) is 0 Å². The first kappa shape index (κ1) is 10.3. The quantitative estimate of drug-likeness (QED) is 0.760. The molecule has 0 aliphatic heterocycles. The lowest BCUT2D eigenvalue weighted by Gasteiger charge is -2.07. The Kier molecular flexibility index (Phi) is 3.12. The predicted molar refractivity (Wildman–Crippen MR) is 56.1 cm³/mol. The van der Waals surface area contributed by atoms with Crippen molar-refractivity contribution < 1.29 is 0 Å². The Morgan fingerprint density at radius 1 is 1.15 bits per heavy atom. The number of nitrogens with one attached hydrogen (secondary N) is 1. The van der Waals surface area contributed by atoms with Crippen LogP contribution in [0.4, 0.5) is 0 Å². The molecule has 2 nitrogen and oxygen atoms in total. The lowest BCUT2D eigenvalue weighted by molar-refractivity contribution is 0.791.